The molecule has 0 spiro atoms. The van der Waals surface area contributed by atoms with Crippen molar-refractivity contribution in [2.24, 2.45) is 0 Å². The molecule has 0 heterocycles. The van der Waals surface area contributed by atoms with Crippen LogP contribution in [-0.4, -0.2) is 22.4 Å². The lowest BCUT2D eigenvalue weighted by Crippen LogP contribution is -2.04. The van der Waals surface area contributed by atoms with E-state index >= 15 is 0 Å². The minimum Gasteiger partial charge on any atom is -0.481 e. The van der Waals surface area contributed by atoms with Crippen molar-refractivity contribution < 1.29 is 20.0 Å². The van der Waals surface area contributed by atoms with Crippen molar-refractivity contribution in [1.82, 2.24) is 0 Å². The quantitative estimate of drug-likeness (QED) is 0.121. The molecular formula is C20H34O4. The number of allylic oxidation sites excluding steroid dienone is 4. The molecule has 0 aromatic heterocycles. The summed E-state index contributed by atoms with van der Waals surface area (Å²) in [6.07, 6.45) is 22.3. The van der Waals surface area contributed by atoms with Crippen LogP contribution in [-0.2, 0) is 9.68 Å². The van der Waals surface area contributed by atoms with Gasteiger partial charge in [-0.25, -0.2) is 4.89 Å². The van der Waals surface area contributed by atoms with Gasteiger partial charge in [0.05, 0.1) is 0 Å². The Balaban J connectivity index is 3.67. The number of carbonyl (C=O) groups is 1. The van der Waals surface area contributed by atoms with Crippen LogP contribution in [0.1, 0.15) is 77.6 Å². The fourth-order valence-electron chi connectivity index (χ4n) is 2.27. The molecule has 0 saturated carbocycles. The van der Waals surface area contributed by atoms with Gasteiger partial charge in [0.2, 0.25) is 0 Å². The molecule has 0 radical (unpaired) electrons. The Morgan fingerprint density at radius 1 is 0.958 bits per heavy atom. The molecule has 0 aromatic carbocycles. The summed E-state index contributed by atoms with van der Waals surface area (Å²) in [6.45, 7) is 2.19. The van der Waals surface area contributed by atoms with Gasteiger partial charge in [-0.3, -0.25) is 10.1 Å². The Hall–Kier alpha value is -1.39. The van der Waals surface area contributed by atoms with Gasteiger partial charge in [0.25, 0.3) is 0 Å². The third kappa shape index (κ3) is 17.0. The fraction of sp³-hybridized carbons (Fsp3) is 0.650. The summed E-state index contributed by atoms with van der Waals surface area (Å²) < 4.78 is 0. The second-order valence-corrected chi connectivity index (χ2v) is 6.01. The maximum absolute atomic E-state index is 10.4. The van der Waals surface area contributed by atoms with Gasteiger partial charge in [0.15, 0.2) is 0 Å². The summed E-state index contributed by atoms with van der Waals surface area (Å²) in [7, 11) is 0. The molecule has 0 amide bonds. The number of unbranched alkanes of at least 4 members (excludes halogenated alkanes) is 7. The second-order valence-electron chi connectivity index (χ2n) is 6.01. The van der Waals surface area contributed by atoms with E-state index < -0.39 is 5.97 Å². The first-order valence-corrected chi connectivity index (χ1v) is 9.21. The van der Waals surface area contributed by atoms with Crippen molar-refractivity contribution >= 4 is 5.97 Å². The number of hydrogen-bond acceptors (Lipinski definition) is 3. The molecule has 0 saturated heterocycles. The largest absolute Gasteiger partial charge is 0.481 e. The summed E-state index contributed by atoms with van der Waals surface area (Å²) in [5.41, 5.74) is 0. The highest BCUT2D eigenvalue weighted by molar-refractivity contribution is 5.66. The number of carboxylic acid groups (broad SMARTS) is 1. The molecular weight excluding hydrogens is 304 g/mol. The highest BCUT2D eigenvalue weighted by atomic mass is 17.1. The van der Waals surface area contributed by atoms with E-state index in [1.165, 1.54) is 19.3 Å². The first-order chi connectivity index (χ1) is 11.7. The van der Waals surface area contributed by atoms with Crippen LogP contribution in [0, 0.1) is 0 Å². The Morgan fingerprint density at radius 3 is 2.38 bits per heavy atom. The minimum atomic E-state index is -0.712. The molecule has 0 aliphatic heterocycles. The molecule has 0 aliphatic carbocycles. The van der Waals surface area contributed by atoms with Gasteiger partial charge in [-0.1, -0.05) is 69.1 Å². The topological polar surface area (TPSA) is 66.8 Å². The molecule has 4 heteroatoms. The van der Waals surface area contributed by atoms with Gasteiger partial charge >= 0.3 is 5.97 Å². The van der Waals surface area contributed by atoms with Crippen LogP contribution in [0.4, 0.5) is 0 Å². The highest BCUT2D eigenvalue weighted by Crippen LogP contribution is 2.07. The summed E-state index contributed by atoms with van der Waals surface area (Å²) in [5.74, 6) is -0.712. The molecule has 1 unspecified atom stereocenters. The average Bonchev–Trinajstić information content (AvgIpc) is 2.57. The van der Waals surface area contributed by atoms with E-state index in [-0.39, 0.29) is 12.5 Å². The molecule has 1 atom stereocenters. The van der Waals surface area contributed by atoms with Gasteiger partial charge in [-0.2, -0.15) is 0 Å². The Labute approximate surface area is 146 Å². The highest BCUT2D eigenvalue weighted by Gasteiger charge is 2.00. The number of carboxylic acids is 1. The first kappa shape index (κ1) is 22.6. The molecule has 24 heavy (non-hydrogen) atoms. The minimum absolute atomic E-state index is 0.272. The molecule has 138 valence electrons. The third-order valence-electron chi connectivity index (χ3n) is 3.73. The molecule has 0 aliphatic rings. The van der Waals surface area contributed by atoms with E-state index in [0.29, 0.717) is 6.42 Å². The monoisotopic (exact) mass is 338 g/mol. The van der Waals surface area contributed by atoms with E-state index in [4.69, 9.17) is 10.4 Å². The fourth-order valence-corrected chi connectivity index (χ4v) is 2.27. The third-order valence-corrected chi connectivity index (χ3v) is 3.73. The van der Waals surface area contributed by atoms with Crippen molar-refractivity contribution in [3.8, 4) is 0 Å². The first-order valence-electron chi connectivity index (χ1n) is 9.21. The number of aliphatic carboxylic acids is 1. The van der Waals surface area contributed by atoms with Gasteiger partial charge < -0.3 is 5.11 Å². The van der Waals surface area contributed by atoms with Crippen molar-refractivity contribution in [3.05, 3.63) is 36.5 Å². The lowest BCUT2D eigenvalue weighted by molar-refractivity contribution is -0.264. The van der Waals surface area contributed by atoms with Crippen LogP contribution >= 0.6 is 0 Å². The van der Waals surface area contributed by atoms with Gasteiger partial charge in [0, 0.05) is 6.42 Å². The van der Waals surface area contributed by atoms with Crippen LogP contribution in [0.15, 0.2) is 36.5 Å². The zero-order valence-electron chi connectivity index (χ0n) is 15.0. The van der Waals surface area contributed by atoms with E-state index in [0.717, 1.165) is 38.5 Å². The zero-order chi connectivity index (χ0) is 17.9. The lowest BCUT2D eigenvalue weighted by atomic mass is 10.1. The molecule has 0 rings (SSSR count). The summed E-state index contributed by atoms with van der Waals surface area (Å²) in [6, 6.07) is 0. The normalized spacial score (nSPS) is 13.4. The maximum atomic E-state index is 10.4. The smallest absolute Gasteiger partial charge is 0.303 e. The van der Waals surface area contributed by atoms with E-state index in [2.05, 4.69) is 30.0 Å². The molecule has 0 fully saturated rings. The Bertz CT molecular complexity index is 372. The van der Waals surface area contributed by atoms with Crippen molar-refractivity contribution in [2.75, 3.05) is 0 Å². The predicted octanol–water partition coefficient (Wildman–Crippen LogP) is 5.91. The van der Waals surface area contributed by atoms with E-state index in [1.807, 2.05) is 18.2 Å². The maximum Gasteiger partial charge on any atom is 0.303 e. The van der Waals surface area contributed by atoms with Gasteiger partial charge in [-0.05, 0) is 38.5 Å². The average molecular weight is 338 g/mol. The van der Waals surface area contributed by atoms with Crippen molar-refractivity contribution in [1.29, 1.82) is 0 Å². The van der Waals surface area contributed by atoms with E-state index in [9.17, 15) is 4.79 Å². The summed E-state index contributed by atoms with van der Waals surface area (Å²) in [5, 5.41) is 17.4. The second kappa shape index (κ2) is 18.0. The summed E-state index contributed by atoms with van der Waals surface area (Å²) >= 11 is 0. The Morgan fingerprint density at radius 2 is 1.67 bits per heavy atom. The van der Waals surface area contributed by atoms with Crippen LogP contribution in [0.2, 0.25) is 0 Å². The Kier molecular flexibility index (Phi) is 16.9. The molecule has 0 bridgehead atoms. The van der Waals surface area contributed by atoms with Gasteiger partial charge in [-0.15, -0.1) is 0 Å². The molecule has 2 N–H and O–H groups in total. The van der Waals surface area contributed by atoms with Crippen LogP contribution < -0.4 is 0 Å². The molecule has 0 aromatic rings. The number of hydrogen-bond donors (Lipinski definition) is 2. The summed E-state index contributed by atoms with van der Waals surface area (Å²) in [4.78, 5) is 14.8. The molecule has 4 nitrogen and oxygen atoms in total. The zero-order valence-corrected chi connectivity index (χ0v) is 15.0. The lowest BCUT2D eigenvalue weighted by Gasteiger charge is -2.04. The van der Waals surface area contributed by atoms with Crippen molar-refractivity contribution in [3.63, 3.8) is 0 Å². The van der Waals surface area contributed by atoms with Crippen LogP contribution in [0.25, 0.3) is 0 Å². The van der Waals surface area contributed by atoms with Gasteiger partial charge in [0.1, 0.15) is 6.10 Å². The number of rotatable bonds is 16. The predicted molar refractivity (Wildman–Crippen MR) is 99.0 cm³/mol. The van der Waals surface area contributed by atoms with Crippen LogP contribution in [0.5, 0.6) is 0 Å². The van der Waals surface area contributed by atoms with E-state index in [1.54, 1.807) is 0 Å². The standard InChI is InChI=1S/C20H34O4/c1-2-3-4-5-10-13-16-19(24-23)17-14-11-8-6-7-9-12-15-18-20(21)22/h8,10-11,13-14,17,19,23H,2-7,9,12,15-16,18H2,1H3,(H,21,22)/b11-8+,13-10+,17-14+. The SMILES string of the molecule is CCCCC/C=C/CC(/C=C/C=C/CCCCCCC(=O)O)OO. The van der Waals surface area contributed by atoms with Crippen molar-refractivity contribution in [2.45, 2.75) is 83.7 Å². The van der Waals surface area contributed by atoms with Crippen LogP contribution in [0.3, 0.4) is 0 Å².